The molecule has 3 aromatic rings. The van der Waals surface area contributed by atoms with E-state index in [0.29, 0.717) is 22.5 Å². The molecule has 0 unspecified atom stereocenters. The number of halogens is 1. The van der Waals surface area contributed by atoms with Gasteiger partial charge in [0, 0.05) is 12.1 Å². The highest BCUT2D eigenvalue weighted by Gasteiger charge is 2.10. The number of rotatable bonds is 3. The van der Waals surface area contributed by atoms with Crippen molar-refractivity contribution in [2.45, 2.75) is 13.5 Å². The Morgan fingerprint density at radius 3 is 2.48 bits per heavy atom. The highest BCUT2D eigenvalue weighted by Crippen LogP contribution is 2.18. The summed E-state index contributed by atoms with van der Waals surface area (Å²) in [6.07, 6.45) is 0. The molecule has 0 bridgehead atoms. The van der Waals surface area contributed by atoms with Crippen molar-refractivity contribution in [2.24, 2.45) is 4.99 Å². The Bertz CT molecular complexity index is 1020. The summed E-state index contributed by atoms with van der Waals surface area (Å²) >= 11 is 1.26. The zero-order chi connectivity index (χ0) is 18.0. The molecule has 0 aliphatic carbocycles. The SMILES string of the molecule is CCn1c(=NC(=O)c2ccc(C(=O)OC)cc2)sc2cc(F)ccc21. The number of methoxy groups -OCH3 is 1. The van der Waals surface area contributed by atoms with Gasteiger partial charge in [-0.25, -0.2) is 9.18 Å². The van der Waals surface area contributed by atoms with E-state index in [2.05, 4.69) is 9.73 Å². The molecule has 25 heavy (non-hydrogen) atoms. The predicted octanol–water partition coefficient (Wildman–Crippen LogP) is 3.39. The lowest BCUT2D eigenvalue weighted by Gasteiger charge is -2.01. The molecule has 7 heteroatoms. The standard InChI is InChI=1S/C18H15FN2O3S/c1-3-21-14-9-8-13(19)10-15(14)25-18(21)20-16(22)11-4-6-12(7-5-11)17(23)24-2/h4-10H,3H2,1-2H3. The largest absolute Gasteiger partial charge is 0.465 e. The van der Waals surface area contributed by atoms with E-state index in [-0.39, 0.29) is 5.82 Å². The van der Waals surface area contributed by atoms with Crippen LogP contribution in [-0.4, -0.2) is 23.6 Å². The molecule has 0 fully saturated rings. The highest BCUT2D eigenvalue weighted by atomic mass is 32.1. The van der Waals surface area contributed by atoms with Crippen LogP contribution in [-0.2, 0) is 11.3 Å². The van der Waals surface area contributed by atoms with Crippen LogP contribution in [0.1, 0.15) is 27.6 Å². The molecule has 0 aliphatic heterocycles. The molecule has 0 atom stereocenters. The summed E-state index contributed by atoms with van der Waals surface area (Å²) in [6.45, 7) is 2.54. The lowest BCUT2D eigenvalue weighted by molar-refractivity contribution is 0.0600. The van der Waals surface area contributed by atoms with Crippen LogP contribution >= 0.6 is 11.3 Å². The zero-order valence-electron chi connectivity index (χ0n) is 13.7. The van der Waals surface area contributed by atoms with Crippen molar-refractivity contribution in [2.75, 3.05) is 7.11 Å². The van der Waals surface area contributed by atoms with Gasteiger partial charge in [-0.05, 0) is 49.4 Å². The number of fused-ring (bicyclic) bond motifs is 1. The Hall–Kier alpha value is -2.80. The van der Waals surface area contributed by atoms with Crippen molar-refractivity contribution in [3.8, 4) is 0 Å². The van der Waals surface area contributed by atoms with Crippen LogP contribution in [0.3, 0.4) is 0 Å². The summed E-state index contributed by atoms with van der Waals surface area (Å²) in [6, 6.07) is 10.6. The fraction of sp³-hybridized carbons (Fsp3) is 0.167. The minimum atomic E-state index is -0.466. The average Bonchev–Trinajstić information content (AvgIpc) is 2.96. The molecule has 128 valence electrons. The van der Waals surface area contributed by atoms with Gasteiger partial charge in [-0.2, -0.15) is 4.99 Å². The summed E-state index contributed by atoms with van der Waals surface area (Å²) in [5.74, 6) is -1.22. The number of carbonyl (C=O) groups is 2. The van der Waals surface area contributed by atoms with E-state index in [9.17, 15) is 14.0 Å². The number of aryl methyl sites for hydroxylation is 1. The van der Waals surface area contributed by atoms with Gasteiger partial charge in [0.05, 0.1) is 22.9 Å². The number of aromatic nitrogens is 1. The predicted molar refractivity (Wildman–Crippen MR) is 93.1 cm³/mol. The monoisotopic (exact) mass is 358 g/mol. The summed E-state index contributed by atoms with van der Waals surface area (Å²) in [5.41, 5.74) is 1.56. The third kappa shape index (κ3) is 3.36. The van der Waals surface area contributed by atoms with Gasteiger partial charge in [0.2, 0.25) is 0 Å². The Kier molecular flexibility index (Phi) is 4.76. The Labute approximate surface area is 147 Å². The molecule has 2 aromatic carbocycles. The van der Waals surface area contributed by atoms with Gasteiger partial charge in [0.1, 0.15) is 5.82 Å². The molecule has 1 amide bonds. The van der Waals surface area contributed by atoms with Crippen LogP contribution in [0.25, 0.3) is 10.2 Å². The minimum Gasteiger partial charge on any atom is -0.465 e. The molecule has 3 rings (SSSR count). The van der Waals surface area contributed by atoms with Gasteiger partial charge in [-0.3, -0.25) is 4.79 Å². The van der Waals surface area contributed by atoms with E-state index in [0.717, 1.165) is 10.2 Å². The smallest absolute Gasteiger partial charge is 0.337 e. The average molecular weight is 358 g/mol. The molecular weight excluding hydrogens is 343 g/mol. The van der Waals surface area contributed by atoms with Crippen LogP contribution in [0, 0.1) is 5.82 Å². The molecule has 1 heterocycles. The van der Waals surface area contributed by atoms with Crippen LogP contribution < -0.4 is 4.80 Å². The van der Waals surface area contributed by atoms with Crippen molar-refractivity contribution >= 4 is 33.4 Å². The lowest BCUT2D eigenvalue weighted by Crippen LogP contribution is -2.16. The van der Waals surface area contributed by atoms with E-state index in [1.54, 1.807) is 6.07 Å². The van der Waals surface area contributed by atoms with Crippen molar-refractivity contribution in [3.63, 3.8) is 0 Å². The van der Waals surface area contributed by atoms with E-state index >= 15 is 0 Å². The lowest BCUT2D eigenvalue weighted by atomic mass is 10.1. The number of nitrogens with zero attached hydrogens (tertiary/aromatic N) is 2. The second-order valence-electron chi connectivity index (χ2n) is 5.23. The fourth-order valence-corrected chi connectivity index (χ4v) is 3.57. The maximum absolute atomic E-state index is 13.4. The highest BCUT2D eigenvalue weighted by molar-refractivity contribution is 7.16. The number of esters is 1. The van der Waals surface area contributed by atoms with Crippen molar-refractivity contribution < 1.29 is 18.7 Å². The Morgan fingerprint density at radius 1 is 1.16 bits per heavy atom. The first-order chi connectivity index (χ1) is 12.0. The van der Waals surface area contributed by atoms with E-state index in [4.69, 9.17) is 0 Å². The molecular formula is C18H15FN2O3S. The summed E-state index contributed by atoms with van der Waals surface area (Å²) in [4.78, 5) is 28.5. The Morgan fingerprint density at radius 2 is 1.84 bits per heavy atom. The Balaban J connectivity index is 2.01. The van der Waals surface area contributed by atoms with Gasteiger partial charge < -0.3 is 9.30 Å². The van der Waals surface area contributed by atoms with Gasteiger partial charge >= 0.3 is 5.97 Å². The van der Waals surface area contributed by atoms with Crippen molar-refractivity contribution in [3.05, 3.63) is 64.2 Å². The molecule has 0 radical (unpaired) electrons. The number of thiazole rings is 1. The van der Waals surface area contributed by atoms with Crippen LogP contribution in [0.5, 0.6) is 0 Å². The van der Waals surface area contributed by atoms with Crippen LogP contribution in [0.4, 0.5) is 4.39 Å². The number of carbonyl (C=O) groups excluding carboxylic acids is 2. The van der Waals surface area contributed by atoms with E-state index in [1.165, 1.54) is 54.8 Å². The summed E-state index contributed by atoms with van der Waals surface area (Å²) < 4.78 is 20.6. The second-order valence-corrected chi connectivity index (χ2v) is 6.24. The third-order valence-electron chi connectivity index (χ3n) is 3.71. The first kappa shape index (κ1) is 17.0. The first-order valence-electron chi connectivity index (χ1n) is 7.60. The molecule has 0 saturated heterocycles. The molecule has 1 aromatic heterocycles. The maximum atomic E-state index is 13.4. The topological polar surface area (TPSA) is 60.7 Å². The van der Waals surface area contributed by atoms with Gasteiger partial charge in [0.25, 0.3) is 5.91 Å². The van der Waals surface area contributed by atoms with Gasteiger partial charge in [-0.1, -0.05) is 11.3 Å². The van der Waals surface area contributed by atoms with Crippen LogP contribution in [0.2, 0.25) is 0 Å². The van der Waals surface area contributed by atoms with Gasteiger partial charge in [0.15, 0.2) is 4.80 Å². The van der Waals surface area contributed by atoms with Crippen LogP contribution in [0.15, 0.2) is 47.5 Å². The number of hydrogen-bond donors (Lipinski definition) is 0. The number of benzene rings is 2. The molecule has 0 saturated carbocycles. The molecule has 5 nitrogen and oxygen atoms in total. The molecule has 0 spiro atoms. The number of ether oxygens (including phenoxy) is 1. The normalized spacial score (nSPS) is 11.7. The summed E-state index contributed by atoms with van der Waals surface area (Å²) in [5, 5.41) is 0. The first-order valence-corrected chi connectivity index (χ1v) is 8.41. The van der Waals surface area contributed by atoms with Crippen molar-refractivity contribution in [1.29, 1.82) is 0 Å². The van der Waals surface area contributed by atoms with Crippen molar-refractivity contribution in [1.82, 2.24) is 4.57 Å². The zero-order valence-corrected chi connectivity index (χ0v) is 14.5. The molecule has 0 aliphatic rings. The third-order valence-corrected chi connectivity index (χ3v) is 4.75. The van der Waals surface area contributed by atoms with E-state index < -0.39 is 11.9 Å². The van der Waals surface area contributed by atoms with E-state index in [1.807, 2.05) is 11.5 Å². The maximum Gasteiger partial charge on any atom is 0.337 e. The van der Waals surface area contributed by atoms with Gasteiger partial charge in [-0.15, -0.1) is 0 Å². The molecule has 0 N–H and O–H groups in total. The minimum absolute atomic E-state index is 0.326. The quantitative estimate of drug-likeness (QED) is 0.674. The number of hydrogen-bond acceptors (Lipinski definition) is 4. The number of amides is 1. The summed E-state index contributed by atoms with van der Waals surface area (Å²) in [7, 11) is 1.30. The second kappa shape index (κ2) is 6.98. The fourth-order valence-electron chi connectivity index (χ4n) is 2.46.